The van der Waals surface area contributed by atoms with E-state index in [1.807, 2.05) is 54.8 Å². The Morgan fingerprint density at radius 2 is 1.90 bits per heavy atom. The number of hydrogen-bond acceptors (Lipinski definition) is 5. The minimum absolute atomic E-state index is 0.144. The Morgan fingerprint density at radius 1 is 1.14 bits per heavy atom. The van der Waals surface area contributed by atoms with Gasteiger partial charge in [-0.15, -0.1) is 23.1 Å². The minimum atomic E-state index is -0.181. The maximum atomic E-state index is 12.6. The zero-order valence-corrected chi connectivity index (χ0v) is 19.0. The van der Waals surface area contributed by atoms with E-state index < -0.39 is 0 Å². The maximum absolute atomic E-state index is 12.6. The summed E-state index contributed by atoms with van der Waals surface area (Å²) in [7, 11) is 0. The van der Waals surface area contributed by atoms with Gasteiger partial charge in [0.25, 0.3) is 5.91 Å². The van der Waals surface area contributed by atoms with E-state index in [1.165, 1.54) is 0 Å². The van der Waals surface area contributed by atoms with Gasteiger partial charge in [0.15, 0.2) is 0 Å². The first-order chi connectivity index (χ1) is 14.0. The molecule has 2 amide bonds. The van der Waals surface area contributed by atoms with Gasteiger partial charge in [-0.2, -0.15) is 0 Å². The number of hydrogen-bond donors (Lipinski definition) is 2. The lowest BCUT2D eigenvalue weighted by Gasteiger charge is -2.10. The van der Waals surface area contributed by atoms with Gasteiger partial charge < -0.3 is 10.6 Å². The molecule has 5 nitrogen and oxygen atoms in total. The van der Waals surface area contributed by atoms with Crippen molar-refractivity contribution in [3.63, 3.8) is 0 Å². The monoisotopic (exact) mass is 489 g/mol. The Bertz CT molecular complexity index is 990. The predicted octanol–water partition coefficient (Wildman–Crippen LogP) is 5.26. The molecule has 1 heterocycles. The number of anilines is 1. The van der Waals surface area contributed by atoms with E-state index in [4.69, 9.17) is 0 Å². The second-order valence-corrected chi connectivity index (χ2v) is 9.20. The lowest BCUT2D eigenvalue weighted by molar-refractivity contribution is -0.116. The first-order valence-corrected chi connectivity index (χ1v) is 11.6. The summed E-state index contributed by atoms with van der Waals surface area (Å²) < 4.78 is 0.948. The molecule has 2 aromatic carbocycles. The molecule has 150 valence electrons. The highest BCUT2D eigenvalue weighted by molar-refractivity contribution is 9.10. The van der Waals surface area contributed by atoms with E-state index in [0.29, 0.717) is 11.3 Å². The van der Waals surface area contributed by atoms with Crippen LogP contribution in [0.3, 0.4) is 0 Å². The van der Waals surface area contributed by atoms with Crippen molar-refractivity contribution in [2.24, 2.45) is 0 Å². The molecule has 0 aliphatic heterocycles. The average Bonchev–Trinajstić information content (AvgIpc) is 3.13. The molecular formula is C21H20BrN3O2S2. The van der Waals surface area contributed by atoms with Gasteiger partial charge in [-0.05, 0) is 43.3 Å². The number of thioether (sulfide) groups is 1. The molecule has 3 aromatic rings. The number of carbonyl (C=O) groups is 2. The molecule has 1 aromatic heterocycles. The fourth-order valence-electron chi connectivity index (χ4n) is 2.55. The molecule has 0 aliphatic carbocycles. The lowest BCUT2D eigenvalue weighted by Crippen LogP contribution is -2.28. The third-order valence-electron chi connectivity index (χ3n) is 3.94. The van der Waals surface area contributed by atoms with Crippen LogP contribution in [0.15, 0.2) is 63.3 Å². The van der Waals surface area contributed by atoms with Crippen LogP contribution >= 0.6 is 39.0 Å². The van der Waals surface area contributed by atoms with Crippen molar-refractivity contribution >= 4 is 56.5 Å². The summed E-state index contributed by atoms with van der Waals surface area (Å²) in [6, 6.07) is 14.8. The highest BCUT2D eigenvalue weighted by Crippen LogP contribution is 2.26. The average molecular weight is 490 g/mol. The molecule has 0 saturated carbocycles. The molecule has 2 N–H and O–H groups in total. The van der Waals surface area contributed by atoms with Gasteiger partial charge in [0.2, 0.25) is 5.91 Å². The van der Waals surface area contributed by atoms with E-state index in [9.17, 15) is 9.59 Å². The van der Waals surface area contributed by atoms with Crippen LogP contribution in [0.4, 0.5) is 5.69 Å². The molecule has 29 heavy (non-hydrogen) atoms. The van der Waals surface area contributed by atoms with Gasteiger partial charge in [-0.1, -0.05) is 28.1 Å². The first kappa shape index (κ1) is 21.5. The normalized spacial score (nSPS) is 10.6. The van der Waals surface area contributed by atoms with Crippen LogP contribution < -0.4 is 10.6 Å². The second-order valence-electron chi connectivity index (χ2n) is 6.20. The van der Waals surface area contributed by atoms with E-state index >= 15 is 0 Å². The third-order valence-corrected chi connectivity index (χ3v) is 6.40. The van der Waals surface area contributed by atoms with Crippen LogP contribution in [0, 0.1) is 6.92 Å². The molecule has 8 heteroatoms. The minimum Gasteiger partial charge on any atom is -0.351 e. The molecular weight excluding hydrogens is 470 g/mol. The standard InChI is InChI=1S/C21H20BrN3O2S2/c1-14-24-17(12-28-14)13-29-19-5-3-2-4-18(19)21(27)23-11-10-20(26)25-16-8-6-15(22)7-9-16/h2-9,12H,10-11,13H2,1H3,(H,23,27)(H,25,26). The summed E-state index contributed by atoms with van der Waals surface area (Å²) in [6.07, 6.45) is 0.204. The molecule has 0 atom stereocenters. The maximum Gasteiger partial charge on any atom is 0.252 e. The number of carbonyl (C=O) groups excluding carboxylic acids is 2. The Hall–Kier alpha value is -2.16. The quantitative estimate of drug-likeness (QED) is 0.423. The first-order valence-electron chi connectivity index (χ1n) is 8.98. The second kappa shape index (κ2) is 10.6. The third kappa shape index (κ3) is 6.69. The molecule has 0 unspecified atom stereocenters. The van der Waals surface area contributed by atoms with Crippen LogP contribution in [0.25, 0.3) is 0 Å². The molecule has 0 bridgehead atoms. The van der Waals surface area contributed by atoms with E-state index in [0.717, 1.165) is 25.8 Å². The Morgan fingerprint density at radius 3 is 2.62 bits per heavy atom. The van der Waals surface area contributed by atoms with Gasteiger partial charge in [0.1, 0.15) is 0 Å². The van der Waals surface area contributed by atoms with Crippen molar-refractivity contribution in [1.82, 2.24) is 10.3 Å². The predicted molar refractivity (Wildman–Crippen MR) is 123 cm³/mol. The number of aryl methyl sites for hydroxylation is 1. The smallest absolute Gasteiger partial charge is 0.252 e. The van der Waals surface area contributed by atoms with E-state index in [-0.39, 0.29) is 24.8 Å². The largest absolute Gasteiger partial charge is 0.351 e. The van der Waals surface area contributed by atoms with Gasteiger partial charge in [-0.3, -0.25) is 9.59 Å². The molecule has 0 radical (unpaired) electrons. The van der Waals surface area contributed by atoms with Gasteiger partial charge in [0.05, 0.1) is 16.3 Å². The van der Waals surface area contributed by atoms with Crippen molar-refractivity contribution in [2.45, 2.75) is 24.0 Å². The summed E-state index contributed by atoms with van der Waals surface area (Å²) in [6.45, 7) is 2.25. The zero-order chi connectivity index (χ0) is 20.6. The molecule has 0 saturated heterocycles. The zero-order valence-electron chi connectivity index (χ0n) is 15.8. The SMILES string of the molecule is Cc1nc(CSc2ccccc2C(=O)NCCC(=O)Nc2ccc(Br)cc2)cs1. The molecule has 3 rings (SSSR count). The summed E-state index contributed by atoms with van der Waals surface area (Å²) in [4.78, 5) is 30.0. The summed E-state index contributed by atoms with van der Waals surface area (Å²) in [5, 5.41) is 8.72. The number of rotatable bonds is 8. The van der Waals surface area contributed by atoms with Crippen molar-refractivity contribution in [3.05, 3.63) is 74.6 Å². The highest BCUT2D eigenvalue weighted by atomic mass is 79.9. The molecule has 0 fully saturated rings. The van der Waals surface area contributed by atoms with Crippen molar-refractivity contribution in [3.8, 4) is 0 Å². The Kier molecular flexibility index (Phi) is 7.85. The van der Waals surface area contributed by atoms with Crippen LogP contribution in [-0.4, -0.2) is 23.3 Å². The number of halogens is 1. The van der Waals surface area contributed by atoms with Gasteiger partial charge in [-0.25, -0.2) is 4.98 Å². The van der Waals surface area contributed by atoms with Gasteiger partial charge in [0, 0.05) is 39.2 Å². The van der Waals surface area contributed by atoms with Crippen LogP contribution in [0.5, 0.6) is 0 Å². The number of nitrogens with zero attached hydrogens (tertiary/aromatic N) is 1. The Labute approximate surface area is 186 Å². The molecule has 0 aliphatic rings. The number of amides is 2. The van der Waals surface area contributed by atoms with Gasteiger partial charge >= 0.3 is 0 Å². The fourth-order valence-corrected chi connectivity index (χ4v) is 4.47. The fraction of sp³-hybridized carbons (Fsp3) is 0.190. The Balaban J connectivity index is 1.50. The summed E-state index contributed by atoms with van der Waals surface area (Å²) in [5.41, 5.74) is 2.35. The molecule has 0 spiro atoms. The van der Waals surface area contributed by atoms with Crippen molar-refractivity contribution < 1.29 is 9.59 Å². The summed E-state index contributed by atoms with van der Waals surface area (Å²) >= 11 is 6.56. The number of thiazole rings is 1. The topological polar surface area (TPSA) is 71.1 Å². The van der Waals surface area contributed by atoms with E-state index in [2.05, 4.69) is 31.5 Å². The van der Waals surface area contributed by atoms with E-state index in [1.54, 1.807) is 29.2 Å². The van der Waals surface area contributed by atoms with Crippen molar-refractivity contribution in [2.75, 3.05) is 11.9 Å². The summed E-state index contributed by atoms with van der Waals surface area (Å²) in [5.74, 6) is 0.387. The van der Waals surface area contributed by atoms with Crippen molar-refractivity contribution in [1.29, 1.82) is 0 Å². The number of aromatic nitrogens is 1. The lowest BCUT2D eigenvalue weighted by atomic mass is 10.2. The van der Waals surface area contributed by atoms with Crippen LogP contribution in [0.1, 0.15) is 27.5 Å². The number of benzene rings is 2. The van der Waals surface area contributed by atoms with Crippen LogP contribution in [-0.2, 0) is 10.5 Å². The number of nitrogens with one attached hydrogen (secondary N) is 2. The highest BCUT2D eigenvalue weighted by Gasteiger charge is 2.12. The van der Waals surface area contributed by atoms with Crippen LogP contribution in [0.2, 0.25) is 0 Å².